The smallest absolute Gasteiger partial charge is 0.138 e. The van der Waals surface area contributed by atoms with Crippen molar-refractivity contribution in [2.45, 2.75) is 45.1 Å². The normalized spacial score (nSPS) is 20.5. The van der Waals surface area contributed by atoms with Crippen LogP contribution in [-0.4, -0.2) is 18.1 Å². The van der Waals surface area contributed by atoms with E-state index >= 15 is 0 Å². The van der Waals surface area contributed by atoms with Crippen molar-refractivity contribution in [3.8, 4) is 5.75 Å². The maximum absolute atomic E-state index is 14.8. The van der Waals surface area contributed by atoms with Crippen LogP contribution in [0.5, 0.6) is 5.75 Å². The van der Waals surface area contributed by atoms with Gasteiger partial charge in [0, 0.05) is 25.7 Å². The molecule has 2 atom stereocenters. The first kappa shape index (κ1) is 20.1. The molecule has 27 heavy (non-hydrogen) atoms. The van der Waals surface area contributed by atoms with Crippen LogP contribution in [0.15, 0.2) is 42.5 Å². The second-order valence-corrected chi connectivity index (χ2v) is 7.78. The number of nitrogens with zero attached hydrogens (tertiary/aromatic N) is 1. The predicted octanol–water partition coefficient (Wildman–Crippen LogP) is 4.94. The van der Waals surface area contributed by atoms with Gasteiger partial charge in [-0.25, -0.2) is 4.39 Å². The van der Waals surface area contributed by atoms with Gasteiger partial charge in [-0.1, -0.05) is 30.3 Å². The van der Waals surface area contributed by atoms with E-state index in [-0.39, 0.29) is 18.4 Å². The van der Waals surface area contributed by atoms with E-state index in [2.05, 4.69) is 29.2 Å². The van der Waals surface area contributed by atoms with Gasteiger partial charge in [0.15, 0.2) is 0 Å². The standard InChI is InChI=1S/C22H27FN2O.ClH/c1-15(24)18-6-4-16(5-7-18)11-25-12-19-8-9-20(26-14-17-2-3-17)10-21(19)22(23)13-25;/h4-10,15,17,22H,2-3,11-14,24H2,1H3;1H. The minimum Gasteiger partial charge on any atom is -0.493 e. The number of hydrogen-bond acceptors (Lipinski definition) is 3. The molecule has 0 bridgehead atoms. The summed E-state index contributed by atoms with van der Waals surface area (Å²) in [4.78, 5) is 2.17. The van der Waals surface area contributed by atoms with Gasteiger partial charge < -0.3 is 10.5 Å². The Kier molecular flexibility index (Phi) is 6.40. The van der Waals surface area contributed by atoms with Gasteiger partial charge in [-0.2, -0.15) is 0 Å². The number of alkyl halides is 1. The second kappa shape index (κ2) is 8.59. The molecule has 146 valence electrons. The summed E-state index contributed by atoms with van der Waals surface area (Å²) in [6.07, 6.45) is 1.56. The zero-order chi connectivity index (χ0) is 18.1. The quantitative estimate of drug-likeness (QED) is 0.758. The Bertz CT molecular complexity index is 761. The van der Waals surface area contributed by atoms with Crippen LogP contribution in [0, 0.1) is 5.92 Å². The Labute approximate surface area is 167 Å². The fourth-order valence-corrected chi connectivity index (χ4v) is 3.53. The molecule has 1 saturated carbocycles. The minimum atomic E-state index is -0.966. The number of rotatable bonds is 6. The van der Waals surface area contributed by atoms with E-state index in [4.69, 9.17) is 10.5 Å². The number of fused-ring (bicyclic) bond motifs is 1. The molecule has 2 aliphatic rings. The molecule has 2 aromatic carbocycles. The van der Waals surface area contributed by atoms with E-state index in [9.17, 15) is 4.39 Å². The SMILES string of the molecule is CC(N)c1ccc(CN2Cc3ccc(OCC4CC4)cc3C(F)C2)cc1.Cl. The molecule has 1 heterocycles. The van der Waals surface area contributed by atoms with Crippen LogP contribution in [0.25, 0.3) is 0 Å². The Morgan fingerprint density at radius 1 is 1.19 bits per heavy atom. The number of benzene rings is 2. The third-order valence-corrected chi connectivity index (χ3v) is 5.36. The van der Waals surface area contributed by atoms with Crippen LogP contribution in [0.3, 0.4) is 0 Å². The number of ether oxygens (including phenoxy) is 1. The van der Waals surface area contributed by atoms with E-state index in [0.29, 0.717) is 12.5 Å². The number of nitrogens with two attached hydrogens (primary N) is 1. The highest BCUT2D eigenvalue weighted by Crippen LogP contribution is 2.34. The van der Waals surface area contributed by atoms with Gasteiger partial charge in [0.1, 0.15) is 11.9 Å². The van der Waals surface area contributed by atoms with Crippen LogP contribution in [0.1, 0.15) is 54.2 Å². The molecule has 2 aromatic rings. The summed E-state index contributed by atoms with van der Waals surface area (Å²) in [5, 5.41) is 0. The van der Waals surface area contributed by atoms with E-state index in [1.165, 1.54) is 18.4 Å². The van der Waals surface area contributed by atoms with Crippen LogP contribution in [0.2, 0.25) is 0 Å². The summed E-state index contributed by atoms with van der Waals surface area (Å²) < 4.78 is 20.6. The highest BCUT2D eigenvalue weighted by Gasteiger charge is 2.26. The molecule has 3 nitrogen and oxygen atoms in total. The molecule has 0 saturated heterocycles. The fourth-order valence-electron chi connectivity index (χ4n) is 3.53. The highest BCUT2D eigenvalue weighted by atomic mass is 35.5. The van der Waals surface area contributed by atoms with Gasteiger partial charge in [-0.3, -0.25) is 4.90 Å². The Morgan fingerprint density at radius 3 is 2.59 bits per heavy atom. The first-order chi connectivity index (χ1) is 12.6. The monoisotopic (exact) mass is 390 g/mol. The van der Waals surface area contributed by atoms with Gasteiger partial charge in [-0.05, 0) is 60.1 Å². The highest BCUT2D eigenvalue weighted by molar-refractivity contribution is 5.85. The first-order valence-electron chi connectivity index (χ1n) is 9.55. The zero-order valence-corrected chi connectivity index (χ0v) is 16.6. The first-order valence-corrected chi connectivity index (χ1v) is 9.55. The third kappa shape index (κ3) is 5.01. The summed E-state index contributed by atoms with van der Waals surface area (Å²) in [6, 6.07) is 14.3. The van der Waals surface area contributed by atoms with Crippen molar-refractivity contribution in [3.63, 3.8) is 0 Å². The summed E-state index contributed by atoms with van der Waals surface area (Å²) >= 11 is 0. The zero-order valence-electron chi connectivity index (χ0n) is 15.7. The van der Waals surface area contributed by atoms with Crippen molar-refractivity contribution in [2.24, 2.45) is 11.7 Å². The molecule has 2 unspecified atom stereocenters. The molecule has 0 spiro atoms. The lowest BCUT2D eigenvalue weighted by atomic mass is 9.97. The van der Waals surface area contributed by atoms with Gasteiger partial charge in [-0.15, -0.1) is 12.4 Å². The van der Waals surface area contributed by atoms with E-state index in [1.54, 1.807) is 0 Å². The van der Waals surface area contributed by atoms with Crippen LogP contribution in [-0.2, 0) is 13.1 Å². The van der Waals surface area contributed by atoms with E-state index in [1.807, 2.05) is 25.1 Å². The third-order valence-electron chi connectivity index (χ3n) is 5.36. The average molecular weight is 391 g/mol. The number of halogens is 2. The lowest BCUT2D eigenvalue weighted by Gasteiger charge is -2.31. The van der Waals surface area contributed by atoms with Crippen LogP contribution < -0.4 is 10.5 Å². The Morgan fingerprint density at radius 2 is 1.93 bits per heavy atom. The van der Waals surface area contributed by atoms with Gasteiger partial charge in [0.2, 0.25) is 0 Å². The summed E-state index contributed by atoms with van der Waals surface area (Å²) in [5.74, 6) is 1.51. The Hall–Kier alpha value is -1.62. The lowest BCUT2D eigenvalue weighted by molar-refractivity contribution is 0.158. The molecule has 1 aliphatic carbocycles. The molecule has 0 radical (unpaired) electrons. The molecule has 0 aromatic heterocycles. The van der Waals surface area contributed by atoms with Gasteiger partial charge >= 0.3 is 0 Å². The van der Waals surface area contributed by atoms with Crippen molar-refractivity contribution in [1.82, 2.24) is 4.90 Å². The Balaban J connectivity index is 0.00000210. The van der Waals surface area contributed by atoms with Crippen molar-refractivity contribution in [1.29, 1.82) is 0 Å². The van der Waals surface area contributed by atoms with Crippen molar-refractivity contribution >= 4 is 12.4 Å². The minimum absolute atomic E-state index is 0. The molecule has 4 rings (SSSR count). The average Bonchev–Trinajstić information content (AvgIpc) is 3.45. The maximum Gasteiger partial charge on any atom is 0.138 e. The fraction of sp³-hybridized carbons (Fsp3) is 0.455. The molecule has 1 aliphatic heterocycles. The summed E-state index contributed by atoms with van der Waals surface area (Å²) in [5.41, 5.74) is 10.1. The van der Waals surface area contributed by atoms with Crippen molar-refractivity contribution < 1.29 is 9.13 Å². The molecule has 5 heteroatoms. The van der Waals surface area contributed by atoms with E-state index in [0.717, 1.165) is 42.1 Å². The summed E-state index contributed by atoms with van der Waals surface area (Å²) in [6.45, 7) is 4.69. The second-order valence-electron chi connectivity index (χ2n) is 7.78. The van der Waals surface area contributed by atoms with Crippen LogP contribution >= 0.6 is 12.4 Å². The molecule has 1 fully saturated rings. The molecular formula is C22H28ClFN2O. The topological polar surface area (TPSA) is 38.5 Å². The van der Waals surface area contributed by atoms with Gasteiger partial charge in [0.25, 0.3) is 0 Å². The number of hydrogen-bond donors (Lipinski definition) is 1. The molecule has 2 N–H and O–H groups in total. The van der Waals surface area contributed by atoms with Crippen molar-refractivity contribution in [2.75, 3.05) is 13.2 Å². The van der Waals surface area contributed by atoms with Gasteiger partial charge in [0.05, 0.1) is 6.61 Å². The largest absolute Gasteiger partial charge is 0.493 e. The summed E-state index contributed by atoms with van der Waals surface area (Å²) in [7, 11) is 0. The molecule has 0 amide bonds. The predicted molar refractivity (Wildman–Crippen MR) is 109 cm³/mol. The van der Waals surface area contributed by atoms with Crippen LogP contribution in [0.4, 0.5) is 4.39 Å². The molecular weight excluding hydrogens is 363 g/mol. The lowest BCUT2D eigenvalue weighted by Crippen LogP contribution is -2.31. The van der Waals surface area contributed by atoms with Crippen molar-refractivity contribution in [3.05, 3.63) is 64.7 Å². The van der Waals surface area contributed by atoms with E-state index < -0.39 is 6.17 Å². The maximum atomic E-state index is 14.8.